The summed E-state index contributed by atoms with van der Waals surface area (Å²) in [5, 5.41) is -0.0927. The first-order valence-electron chi connectivity index (χ1n) is 6.15. The van der Waals surface area contributed by atoms with Gasteiger partial charge < -0.3 is 0 Å². The minimum atomic E-state index is -1.89. The highest BCUT2D eigenvalue weighted by atomic mass is 35.5. The topological polar surface area (TPSA) is 0 Å². The summed E-state index contributed by atoms with van der Waals surface area (Å²) < 4.78 is 45.3. The molecule has 0 bridgehead atoms. The van der Waals surface area contributed by atoms with Crippen molar-refractivity contribution in [1.82, 2.24) is 0 Å². The largest absolute Gasteiger partial charge is 0.205 e. The van der Waals surface area contributed by atoms with Gasteiger partial charge >= 0.3 is 0 Å². The van der Waals surface area contributed by atoms with Crippen molar-refractivity contribution >= 4 is 11.6 Å². The van der Waals surface area contributed by atoms with Crippen molar-refractivity contribution in [1.29, 1.82) is 0 Å². The van der Waals surface area contributed by atoms with Crippen molar-refractivity contribution in [3.05, 3.63) is 34.1 Å². The zero-order valence-electron chi connectivity index (χ0n) is 11.2. The fourth-order valence-corrected chi connectivity index (χ4v) is 1.62. The summed E-state index contributed by atoms with van der Waals surface area (Å²) in [4.78, 5) is 0. The molecule has 1 atom stereocenters. The Labute approximate surface area is 88.3 Å². The van der Waals surface area contributed by atoms with E-state index in [1.54, 1.807) is 0 Å². The van der Waals surface area contributed by atoms with E-state index in [0.717, 1.165) is 0 Å². The van der Waals surface area contributed by atoms with Crippen LogP contribution in [0.25, 0.3) is 0 Å². The summed E-state index contributed by atoms with van der Waals surface area (Å²) in [6.07, 6.45) is -3.81. The Kier molecular flexibility index (Phi) is 1.36. The summed E-state index contributed by atoms with van der Waals surface area (Å²) in [6.45, 7) is 1.51. The standard InChI is InChI=1S/C11H12ClF/c1-7-2-4-9-8(6-7)3-5-10(12)11(9)13/h3,5,7H,2,4,6H2,1H3/i2D2,6D2. The monoisotopic (exact) mass is 202 g/mol. The minimum absolute atomic E-state index is 0.0607. The van der Waals surface area contributed by atoms with Gasteiger partial charge in [0.1, 0.15) is 5.82 Å². The molecule has 1 aliphatic rings. The van der Waals surface area contributed by atoms with E-state index < -0.39 is 24.5 Å². The van der Waals surface area contributed by atoms with Crippen molar-refractivity contribution in [3.8, 4) is 0 Å². The van der Waals surface area contributed by atoms with Gasteiger partial charge in [-0.05, 0) is 42.3 Å². The molecule has 2 heteroatoms. The molecule has 0 nitrogen and oxygen atoms in total. The van der Waals surface area contributed by atoms with Crippen molar-refractivity contribution < 1.29 is 9.87 Å². The number of hydrogen-bond donors (Lipinski definition) is 0. The van der Waals surface area contributed by atoms with Crippen LogP contribution in [0.3, 0.4) is 0 Å². The summed E-state index contributed by atoms with van der Waals surface area (Å²) >= 11 is 5.65. The Morgan fingerprint density at radius 2 is 2.38 bits per heavy atom. The lowest BCUT2D eigenvalue weighted by Crippen LogP contribution is -2.12. The second kappa shape index (κ2) is 3.30. The van der Waals surface area contributed by atoms with Gasteiger partial charge in [0.15, 0.2) is 0 Å². The lowest BCUT2D eigenvalue weighted by molar-refractivity contribution is 0.482. The van der Waals surface area contributed by atoms with Gasteiger partial charge in [-0.2, -0.15) is 0 Å². The molecule has 13 heavy (non-hydrogen) atoms. The molecule has 0 aliphatic heterocycles. The predicted molar refractivity (Wildman–Crippen MR) is 52.6 cm³/mol. The number of fused-ring (bicyclic) bond motifs is 1. The van der Waals surface area contributed by atoms with E-state index >= 15 is 0 Å². The van der Waals surface area contributed by atoms with Gasteiger partial charge in [-0.1, -0.05) is 24.6 Å². The van der Waals surface area contributed by atoms with E-state index in [2.05, 4.69) is 0 Å². The van der Waals surface area contributed by atoms with Crippen molar-refractivity contribution in [2.45, 2.75) is 26.1 Å². The van der Waals surface area contributed by atoms with E-state index in [0.29, 0.717) is 0 Å². The van der Waals surface area contributed by atoms with Crippen LogP contribution in [0.1, 0.15) is 29.9 Å². The van der Waals surface area contributed by atoms with Crippen LogP contribution in [0.2, 0.25) is 5.02 Å². The maximum atomic E-state index is 13.8. The van der Waals surface area contributed by atoms with Crippen LogP contribution < -0.4 is 0 Å². The molecule has 0 spiro atoms. The van der Waals surface area contributed by atoms with Crippen LogP contribution in [0.5, 0.6) is 0 Å². The SMILES string of the molecule is [2H]C1([2H])Cc2c(ccc(Cl)c2F)C([2H])([2H])C1C. The minimum Gasteiger partial charge on any atom is -0.205 e. The molecule has 0 saturated heterocycles. The Balaban J connectivity index is 2.70. The van der Waals surface area contributed by atoms with Crippen LogP contribution in [0.15, 0.2) is 12.1 Å². The van der Waals surface area contributed by atoms with E-state index in [9.17, 15) is 4.39 Å². The highest BCUT2D eigenvalue weighted by Gasteiger charge is 2.19. The molecule has 2 rings (SSSR count). The third-order valence-corrected chi connectivity index (χ3v) is 2.45. The lowest BCUT2D eigenvalue weighted by Gasteiger charge is -2.21. The van der Waals surface area contributed by atoms with Crippen molar-refractivity contribution in [2.75, 3.05) is 0 Å². The molecule has 0 aromatic heterocycles. The van der Waals surface area contributed by atoms with Gasteiger partial charge in [0.2, 0.25) is 0 Å². The summed E-state index contributed by atoms with van der Waals surface area (Å²) in [5.74, 6) is -1.54. The van der Waals surface area contributed by atoms with Gasteiger partial charge in [0, 0.05) is 5.48 Å². The van der Waals surface area contributed by atoms with Gasteiger partial charge in [-0.3, -0.25) is 0 Å². The number of benzene rings is 1. The number of hydrogen-bond acceptors (Lipinski definition) is 0. The highest BCUT2D eigenvalue weighted by Crippen LogP contribution is 2.30. The quantitative estimate of drug-likeness (QED) is 0.603. The molecule has 0 heterocycles. The maximum Gasteiger partial charge on any atom is 0.145 e. The second-order valence-corrected chi connectivity index (χ2v) is 3.54. The predicted octanol–water partition coefficient (Wildman–Crippen LogP) is 3.60. The zero-order chi connectivity index (χ0) is 13.0. The van der Waals surface area contributed by atoms with Crippen LogP contribution in [-0.4, -0.2) is 0 Å². The van der Waals surface area contributed by atoms with E-state index in [1.165, 1.54) is 19.1 Å². The Hall–Kier alpha value is -0.560. The van der Waals surface area contributed by atoms with Gasteiger partial charge in [0.25, 0.3) is 0 Å². The molecule has 0 radical (unpaired) electrons. The molecule has 0 saturated carbocycles. The normalized spacial score (nSPS) is 33.6. The molecular formula is C11H12ClF. The van der Waals surface area contributed by atoms with E-state index in [1.807, 2.05) is 0 Å². The summed E-state index contributed by atoms with van der Waals surface area (Å²) in [6, 6.07) is 2.77. The van der Waals surface area contributed by atoms with Gasteiger partial charge in [-0.15, -0.1) is 0 Å². The maximum absolute atomic E-state index is 13.8. The summed E-state index contributed by atoms with van der Waals surface area (Å²) in [5.41, 5.74) is 0.271. The Morgan fingerprint density at radius 1 is 1.62 bits per heavy atom. The average Bonchev–Trinajstić information content (AvgIpc) is 2.21. The number of rotatable bonds is 0. The smallest absolute Gasteiger partial charge is 0.145 e. The first-order valence-corrected chi connectivity index (χ1v) is 4.53. The molecule has 0 amide bonds. The molecular weight excluding hydrogens is 187 g/mol. The van der Waals surface area contributed by atoms with Gasteiger partial charge in [0.05, 0.1) is 5.02 Å². The third-order valence-electron chi connectivity index (χ3n) is 2.15. The Bertz CT molecular complexity index is 473. The second-order valence-electron chi connectivity index (χ2n) is 3.13. The first-order chi connectivity index (χ1) is 7.68. The van der Waals surface area contributed by atoms with E-state index in [4.69, 9.17) is 17.1 Å². The third kappa shape index (κ3) is 1.58. The zero-order valence-corrected chi connectivity index (χ0v) is 7.95. The fourth-order valence-electron chi connectivity index (χ4n) is 1.44. The van der Waals surface area contributed by atoms with Gasteiger partial charge in [-0.25, -0.2) is 4.39 Å². The molecule has 70 valence electrons. The van der Waals surface area contributed by atoms with Crippen LogP contribution >= 0.6 is 11.6 Å². The Morgan fingerprint density at radius 3 is 3.15 bits per heavy atom. The van der Waals surface area contributed by atoms with Crippen LogP contribution in [-0.2, 0) is 12.8 Å². The van der Waals surface area contributed by atoms with Crippen LogP contribution in [0, 0.1) is 11.7 Å². The molecule has 0 fully saturated rings. The lowest BCUT2D eigenvalue weighted by atomic mass is 9.85. The molecule has 0 N–H and O–H groups in total. The molecule has 1 unspecified atom stereocenters. The number of halogens is 2. The van der Waals surface area contributed by atoms with E-state index in [-0.39, 0.29) is 22.6 Å². The molecule has 1 aliphatic carbocycles. The van der Waals surface area contributed by atoms with Crippen molar-refractivity contribution in [3.63, 3.8) is 0 Å². The van der Waals surface area contributed by atoms with Crippen molar-refractivity contribution in [2.24, 2.45) is 5.92 Å². The average molecular weight is 203 g/mol. The molecule has 1 aromatic carbocycles. The van der Waals surface area contributed by atoms with Crippen LogP contribution in [0.4, 0.5) is 4.39 Å². The fraction of sp³-hybridized carbons (Fsp3) is 0.455. The molecule has 1 aromatic rings. The first kappa shape index (κ1) is 5.35. The highest BCUT2D eigenvalue weighted by molar-refractivity contribution is 6.30. The summed E-state index contributed by atoms with van der Waals surface area (Å²) in [7, 11) is 0.